The molecule has 7 nitrogen and oxygen atoms in total. The van der Waals surface area contributed by atoms with Crippen LogP contribution in [0.15, 0.2) is 54.7 Å². The summed E-state index contributed by atoms with van der Waals surface area (Å²) in [6.45, 7) is 0.955. The normalized spacial score (nSPS) is 14.1. The maximum absolute atomic E-state index is 14.6. The third kappa shape index (κ3) is 5.98. The summed E-state index contributed by atoms with van der Waals surface area (Å²) in [5.74, 6) is -0.957. The second kappa shape index (κ2) is 10.0. The van der Waals surface area contributed by atoms with Gasteiger partial charge >= 0.3 is 6.18 Å². The van der Waals surface area contributed by atoms with E-state index in [9.17, 15) is 22.4 Å². The van der Waals surface area contributed by atoms with Gasteiger partial charge in [-0.15, -0.1) is 0 Å². The van der Waals surface area contributed by atoms with Crippen LogP contribution in [0.2, 0.25) is 0 Å². The van der Waals surface area contributed by atoms with E-state index in [0.717, 1.165) is 0 Å². The molecular weight excluding hydrogens is 454 g/mol. The Kier molecular flexibility index (Phi) is 6.92. The van der Waals surface area contributed by atoms with Gasteiger partial charge in [0.1, 0.15) is 12.4 Å². The molecule has 0 saturated carbocycles. The number of rotatable bonds is 6. The van der Waals surface area contributed by atoms with Gasteiger partial charge in [-0.2, -0.15) is 13.2 Å². The number of carbonyl (C=O) groups is 1. The second-order valence-electron chi connectivity index (χ2n) is 7.53. The Morgan fingerprint density at radius 3 is 2.47 bits per heavy atom. The highest BCUT2D eigenvalue weighted by molar-refractivity contribution is 5.94. The Labute approximate surface area is 192 Å². The maximum Gasteiger partial charge on any atom is 0.405 e. The predicted molar refractivity (Wildman–Crippen MR) is 119 cm³/mol. The van der Waals surface area contributed by atoms with Crippen molar-refractivity contribution in [2.45, 2.75) is 6.18 Å². The molecule has 1 fully saturated rings. The minimum Gasteiger partial charge on any atom is -0.378 e. The number of ether oxygens (including phenoxy) is 1. The number of halogens is 4. The van der Waals surface area contributed by atoms with Crippen LogP contribution in [0.25, 0.3) is 11.3 Å². The molecule has 0 radical (unpaired) electrons. The lowest BCUT2D eigenvalue weighted by molar-refractivity contribution is -0.123. The van der Waals surface area contributed by atoms with Crippen LogP contribution in [-0.4, -0.2) is 54.9 Å². The average Bonchev–Trinajstić information content (AvgIpc) is 2.83. The van der Waals surface area contributed by atoms with Crippen molar-refractivity contribution < 1.29 is 27.1 Å². The van der Waals surface area contributed by atoms with Gasteiger partial charge in [0.2, 0.25) is 5.95 Å². The summed E-state index contributed by atoms with van der Waals surface area (Å²) in [5.41, 5.74) is 2.22. The molecule has 34 heavy (non-hydrogen) atoms. The van der Waals surface area contributed by atoms with Crippen LogP contribution in [0.5, 0.6) is 0 Å². The van der Waals surface area contributed by atoms with E-state index < -0.39 is 18.6 Å². The molecule has 1 aromatic heterocycles. The average molecular weight is 475 g/mol. The van der Waals surface area contributed by atoms with Crippen molar-refractivity contribution >= 4 is 23.2 Å². The fourth-order valence-electron chi connectivity index (χ4n) is 3.43. The van der Waals surface area contributed by atoms with E-state index in [2.05, 4.69) is 15.3 Å². The summed E-state index contributed by atoms with van der Waals surface area (Å²) >= 11 is 0. The van der Waals surface area contributed by atoms with Crippen LogP contribution in [-0.2, 0) is 4.74 Å². The molecular formula is C23H21F4N5O2. The molecule has 2 heterocycles. The number of amides is 1. The van der Waals surface area contributed by atoms with Gasteiger partial charge in [-0.3, -0.25) is 4.79 Å². The number of hydrogen-bond donors (Lipinski definition) is 2. The van der Waals surface area contributed by atoms with Crippen molar-refractivity contribution in [1.82, 2.24) is 15.3 Å². The lowest BCUT2D eigenvalue weighted by Gasteiger charge is -2.29. The van der Waals surface area contributed by atoms with Crippen LogP contribution in [0, 0.1) is 5.82 Å². The van der Waals surface area contributed by atoms with Gasteiger partial charge in [-0.05, 0) is 36.4 Å². The van der Waals surface area contributed by atoms with Crippen molar-refractivity contribution in [2.75, 3.05) is 43.1 Å². The number of nitrogens with zero attached hydrogens (tertiary/aromatic N) is 3. The number of alkyl halides is 3. The lowest BCUT2D eigenvalue weighted by Crippen LogP contribution is -2.36. The minimum atomic E-state index is -4.48. The molecule has 0 bridgehead atoms. The van der Waals surface area contributed by atoms with Crippen molar-refractivity contribution in [1.29, 1.82) is 0 Å². The molecule has 178 valence electrons. The number of benzene rings is 2. The fraction of sp³-hybridized carbons (Fsp3) is 0.261. The number of hydrogen-bond acceptors (Lipinski definition) is 6. The molecule has 1 amide bonds. The van der Waals surface area contributed by atoms with E-state index in [1.54, 1.807) is 30.3 Å². The monoisotopic (exact) mass is 475 g/mol. The van der Waals surface area contributed by atoms with Crippen LogP contribution < -0.4 is 15.5 Å². The highest BCUT2D eigenvalue weighted by Gasteiger charge is 2.27. The maximum atomic E-state index is 14.6. The SMILES string of the molecule is O=C(NCC(F)(F)F)c1ccc(-c2ccnc(Nc3ccc(N4CCOCC4)c(F)c3)n2)cc1. The van der Waals surface area contributed by atoms with Gasteiger partial charge in [0.15, 0.2) is 0 Å². The molecule has 1 aliphatic rings. The summed E-state index contributed by atoms with van der Waals surface area (Å²) in [7, 11) is 0. The molecule has 2 aromatic carbocycles. The third-order valence-electron chi connectivity index (χ3n) is 5.10. The number of carbonyl (C=O) groups excluding carboxylic acids is 1. The van der Waals surface area contributed by atoms with Crippen molar-refractivity contribution in [3.05, 3.63) is 66.1 Å². The Bertz CT molecular complexity index is 1150. The first-order valence-corrected chi connectivity index (χ1v) is 10.5. The first-order chi connectivity index (χ1) is 16.3. The summed E-state index contributed by atoms with van der Waals surface area (Å²) in [6.07, 6.45) is -2.96. The lowest BCUT2D eigenvalue weighted by atomic mass is 10.1. The first kappa shape index (κ1) is 23.4. The van der Waals surface area contributed by atoms with Gasteiger partial charge in [0, 0.05) is 36.1 Å². The number of aromatic nitrogens is 2. The zero-order valence-electron chi connectivity index (χ0n) is 17.9. The molecule has 4 rings (SSSR count). The summed E-state index contributed by atoms with van der Waals surface area (Å²) in [4.78, 5) is 22.3. The Morgan fingerprint density at radius 1 is 1.06 bits per heavy atom. The topological polar surface area (TPSA) is 79.4 Å². The smallest absolute Gasteiger partial charge is 0.378 e. The molecule has 2 N–H and O–H groups in total. The first-order valence-electron chi connectivity index (χ1n) is 10.5. The predicted octanol–water partition coefficient (Wildman–Crippen LogP) is 4.16. The van der Waals surface area contributed by atoms with Crippen LogP contribution in [0.3, 0.4) is 0 Å². The van der Waals surface area contributed by atoms with Gasteiger partial charge in [-0.25, -0.2) is 14.4 Å². The summed E-state index contributed by atoms with van der Waals surface area (Å²) in [6, 6.07) is 12.4. The highest BCUT2D eigenvalue weighted by atomic mass is 19.4. The quantitative estimate of drug-likeness (QED) is 0.522. The molecule has 0 unspecified atom stereocenters. The van der Waals surface area contributed by atoms with Crippen molar-refractivity contribution in [2.24, 2.45) is 0 Å². The van der Waals surface area contributed by atoms with E-state index in [-0.39, 0.29) is 17.3 Å². The fourth-order valence-corrected chi connectivity index (χ4v) is 3.43. The number of nitrogens with one attached hydrogen (secondary N) is 2. The van der Waals surface area contributed by atoms with E-state index in [0.29, 0.717) is 48.9 Å². The van der Waals surface area contributed by atoms with Crippen LogP contribution >= 0.6 is 0 Å². The third-order valence-corrected chi connectivity index (χ3v) is 5.10. The Balaban J connectivity index is 1.44. The molecule has 1 aliphatic heterocycles. The van der Waals surface area contributed by atoms with E-state index >= 15 is 0 Å². The molecule has 0 aliphatic carbocycles. The molecule has 11 heteroatoms. The molecule has 0 atom stereocenters. The van der Waals surface area contributed by atoms with Gasteiger partial charge in [-0.1, -0.05) is 12.1 Å². The van der Waals surface area contributed by atoms with Crippen LogP contribution in [0.4, 0.5) is 34.9 Å². The molecule has 1 saturated heterocycles. The van der Waals surface area contributed by atoms with Gasteiger partial charge in [0.05, 0.1) is 24.6 Å². The zero-order valence-corrected chi connectivity index (χ0v) is 17.9. The molecule has 0 spiro atoms. The standard InChI is InChI=1S/C23H21F4N5O2/c24-18-13-17(5-6-20(18)32-9-11-34-12-10-32)30-22-28-8-7-19(31-22)15-1-3-16(4-2-15)21(33)29-14-23(25,26)27/h1-8,13H,9-12,14H2,(H,29,33)(H,28,30,31). The second-order valence-corrected chi connectivity index (χ2v) is 7.53. The van der Waals surface area contributed by atoms with Gasteiger partial charge in [0.25, 0.3) is 5.91 Å². The number of morpholine rings is 1. The van der Waals surface area contributed by atoms with E-state index in [1.807, 2.05) is 10.2 Å². The largest absolute Gasteiger partial charge is 0.405 e. The summed E-state index contributed by atoms with van der Waals surface area (Å²) in [5, 5.41) is 4.79. The van der Waals surface area contributed by atoms with Crippen LogP contribution in [0.1, 0.15) is 10.4 Å². The van der Waals surface area contributed by atoms with Crippen molar-refractivity contribution in [3.8, 4) is 11.3 Å². The number of anilines is 3. The minimum absolute atomic E-state index is 0.0937. The zero-order chi connectivity index (χ0) is 24.1. The Morgan fingerprint density at radius 2 is 1.79 bits per heavy atom. The summed E-state index contributed by atoms with van der Waals surface area (Å²) < 4.78 is 56.8. The van der Waals surface area contributed by atoms with Crippen molar-refractivity contribution in [3.63, 3.8) is 0 Å². The van der Waals surface area contributed by atoms with E-state index in [1.165, 1.54) is 24.4 Å². The van der Waals surface area contributed by atoms with E-state index in [4.69, 9.17) is 4.74 Å². The Hall–Kier alpha value is -3.73. The highest BCUT2D eigenvalue weighted by Crippen LogP contribution is 2.26. The molecule has 3 aromatic rings. The van der Waals surface area contributed by atoms with Gasteiger partial charge < -0.3 is 20.3 Å².